The highest BCUT2D eigenvalue weighted by molar-refractivity contribution is 6.07. The van der Waals surface area contributed by atoms with Gasteiger partial charge in [-0.25, -0.2) is 0 Å². The van der Waals surface area contributed by atoms with Crippen LogP contribution >= 0.6 is 0 Å². The molecule has 4 heteroatoms. The van der Waals surface area contributed by atoms with Crippen molar-refractivity contribution in [2.24, 2.45) is 0 Å². The fourth-order valence-corrected chi connectivity index (χ4v) is 3.26. The zero-order valence-corrected chi connectivity index (χ0v) is 19.9. The van der Waals surface area contributed by atoms with Crippen LogP contribution in [0.5, 0.6) is 17.2 Å². The summed E-state index contributed by atoms with van der Waals surface area (Å²) in [6.45, 7) is 19.7. The van der Waals surface area contributed by atoms with E-state index in [2.05, 4.69) is 13.2 Å². The van der Waals surface area contributed by atoms with Crippen molar-refractivity contribution in [2.75, 3.05) is 0 Å². The van der Waals surface area contributed by atoms with Gasteiger partial charge in [-0.1, -0.05) is 39.8 Å². The first-order chi connectivity index (χ1) is 14.8. The molecule has 170 valence electrons. The third-order valence-electron chi connectivity index (χ3n) is 5.60. The Balaban J connectivity index is 2.79. The van der Waals surface area contributed by atoms with Crippen LogP contribution in [0, 0.1) is 0 Å². The maximum Gasteiger partial charge on any atom is 0.185 e. The smallest absolute Gasteiger partial charge is 0.185 e. The number of carbonyl (C=O) groups excluding carboxylic acids is 1. The summed E-state index contributed by atoms with van der Waals surface area (Å²) >= 11 is 0. The summed E-state index contributed by atoms with van der Waals surface area (Å²) in [4.78, 5) is 12.7. The highest BCUT2D eigenvalue weighted by Crippen LogP contribution is 2.46. The van der Waals surface area contributed by atoms with E-state index in [4.69, 9.17) is 4.74 Å². The molecule has 2 aromatic rings. The second-order valence-corrected chi connectivity index (χ2v) is 9.33. The lowest BCUT2D eigenvalue weighted by atomic mass is 9.76. The molecule has 0 saturated heterocycles. The number of rotatable bonds is 9. The average molecular weight is 435 g/mol. The van der Waals surface area contributed by atoms with Gasteiger partial charge in [0.1, 0.15) is 17.2 Å². The molecular weight excluding hydrogens is 400 g/mol. The van der Waals surface area contributed by atoms with Crippen molar-refractivity contribution in [3.05, 3.63) is 84.0 Å². The van der Waals surface area contributed by atoms with Gasteiger partial charge < -0.3 is 14.9 Å². The molecule has 0 radical (unpaired) electrons. The van der Waals surface area contributed by atoms with E-state index in [1.807, 2.05) is 53.7 Å². The first-order valence-corrected chi connectivity index (χ1v) is 10.7. The van der Waals surface area contributed by atoms with E-state index in [9.17, 15) is 15.0 Å². The van der Waals surface area contributed by atoms with Crippen LogP contribution in [0.4, 0.5) is 0 Å². The number of allylic oxidation sites excluding steroid dienone is 3. The van der Waals surface area contributed by atoms with Crippen LogP contribution in [0.3, 0.4) is 0 Å². The van der Waals surface area contributed by atoms with Crippen LogP contribution in [0.2, 0.25) is 0 Å². The molecule has 0 fully saturated rings. The van der Waals surface area contributed by atoms with Crippen molar-refractivity contribution in [3.8, 4) is 17.2 Å². The third-order valence-corrected chi connectivity index (χ3v) is 5.60. The molecule has 0 aliphatic rings. The number of ether oxygens (including phenoxy) is 1. The number of ketones is 1. The number of aromatic hydroxyl groups is 2. The number of phenols is 2. The lowest BCUT2D eigenvalue weighted by Gasteiger charge is -2.31. The third kappa shape index (κ3) is 5.31. The Morgan fingerprint density at radius 3 is 2.00 bits per heavy atom. The van der Waals surface area contributed by atoms with E-state index >= 15 is 0 Å². The maximum atomic E-state index is 12.7. The monoisotopic (exact) mass is 434 g/mol. The molecule has 0 saturated carbocycles. The first-order valence-electron chi connectivity index (χ1n) is 10.7. The van der Waals surface area contributed by atoms with Crippen LogP contribution in [0.25, 0.3) is 6.08 Å². The van der Waals surface area contributed by atoms with E-state index in [0.29, 0.717) is 22.4 Å². The van der Waals surface area contributed by atoms with Gasteiger partial charge >= 0.3 is 0 Å². The second kappa shape index (κ2) is 9.47. The van der Waals surface area contributed by atoms with Crippen molar-refractivity contribution in [2.45, 2.75) is 58.5 Å². The van der Waals surface area contributed by atoms with Crippen LogP contribution < -0.4 is 4.74 Å². The van der Waals surface area contributed by atoms with Gasteiger partial charge in [-0.2, -0.15) is 0 Å². The summed E-state index contributed by atoms with van der Waals surface area (Å²) in [5.41, 5.74) is 1.44. The summed E-state index contributed by atoms with van der Waals surface area (Å²) in [5, 5.41) is 20.8. The quantitative estimate of drug-likeness (QED) is 0.261. The van der Waals surface area contributed by atoms with Crippen LogP contribution in [-0.2, 0) is 10.8 Å². The van der Waals surface area contributed by atoms with Crippen molar-refractivity contribution >= 4 is 11.9 Å². The minimum Gasteiger partial charge on any atom is -0.508 e. The lowest BCUT2D eigenvalue weighted by molar-refractivity contribution is 0.104. The molecule has 0 amide bonds. The number of phenolic OH excluding ortho intramolecular Hbond substituents is 2. The number of carbonyl (C=O) groups is 1. The molecule has 2 aromatic carbocycles. The predicted octanol–water partition coefficient (Wildman–Crippen LogP) is 6.71. The fourth-order valence-electron chi connectivity index (χ4n) is 3.26. The number of benzene rings is 2. The highest BCUT2D eigenvalue weighted by Gasteiger charge is 2.31. The molecule has 4 nitrogen and oxygen atoms in total. The predicted molar refractivity (Wildman–Crippen MR) is 132 cm³/mol. The number of hydrogen-bond donors (Lipinski definition) is 2. The second-order valence-electron chi connectivity index (χ2n) is 9.33. The molecule has 0 aliphatic carbocycles. The van der Waals surface area contributed by atoms with Crippen molar-refractivity contribution in [3.63, 3.8) is 0 Å². The Kier molecular flexibility index (Phi) is 7.40. The Morgan fingerprint density at radius 1 is 0.969 bits per heavy atom. The standard InChI is InChI=1S/C28H34O4/c1-9-27(5,6)22-17-23(28(7,8)10-2)26(32-18(3)4)21(25(22)31)15-16-24(30)19-11-13-20(29)14-12-19/h9-18,29,31H,1-2H2,3-8H3. The summed E-state index contributed by atoms with van der Waals surface area (Å²) in [6, 6.07) is 7.97. The number of hydrogen-bond acceptors (Lipinski definition) is 4. The van der Waals surface area contributed by atoms with Gasteiger partial charge in [0.25, 0.3) is 0 Å². The molecule has 2 N–H and O–H groups in total. The Hall–Kier alpha value is -3.27. The molecule has 0 unspecified atom stereocenters. The van der Waals surface area contributed by atoms with E-state index in [0.717, 1.165) is 5.56 Å². The van der Waals surface area contributed by atoms with Crippen LogP contribution in [-0.4, -0.2) is 22.1 Å². The molecule has 0 aliphatic heterocycles. The van der Waals surface area contributed by atoms with Crippen LogP contribution in [0.15, 0.2) is 61.7 Å². The van der Waals surface area contributed by atoms with Crippen molar-refractivity contribution in [1.29, 1.82) is 0 Å². The fraction of sp³-hybridized carbons (Fsp3) is 0.321. The van der Waals surface area contributed by atoms with Gasteiger partial charge in [0.15, 0.2) is 5.78 Å². The molecule has 0 bridgehead atoms. The summed E-state index contributed by atoms with van der Waals surface area (Å²) < 4.78 is 6.17. The van der Waals surface area contributed by atoms with Gasteiger partial charge in [0, 0.05) is 27.5 Å². The van der Waals surface area contributed by atoms with Crippen molar-refractivity contribution < 1.29 is 19.7 Å². The maximum absolute atomic E-state index is 12.7. The Morgan fingerprint density at radius 2 is 1.50 bits per heavy atom. The Labute approximate surface area is 191 Å². The topological polar surface area (TPSA) is 66.8 Å². The summed E-state index contributed by atoms with van der Waals surface area (Å²) in [5.74, 6) is 0.397. The van der Waals surface area contributed by atoms with E-state index < -0.39 is 10.8 Å². The minimum absolute atomic E-state index is 0.0453. The van der Waals surface area contributed by atoms with Gasteiger partial charge in [-0.3, -0.25) is 4.79 Å². The van der Waals surface area contributed by atoms with Gasteiger partial charge in [-0.15, -0.1) is 13.2 Å². The normalized spacial score (nSPS) is 12.2. The zero-order chi connectivity index (χ0) is 24.3. The summed E-state index contributed by atoms with van der Waals surface area (Å²) in [7, 11) is 0. The SMILES string of the molecule is C=CC(C)(C)c1cc(C(C)(C)C=C)c(OC(C)C)c(C=CC(=O)c2ccc(O)cc2)c1O. The zero-order valence-electron chi connectivity index (χ0n) is 19.9. The largest absolute Gasteiger partial charge is 0.508 e. The lowest BCUT2D eigenvalue weighted by Crippen LogP contribution is -2.21. The van der Waals surface area contributed by atoms with Crippen LogP contribution in [0.1, 0.15) is 68.6 Å². The van der Waals surface area contributed by atoms with E-state index in [1.165, 1.54) is 18.2 Å². The van der Waals surface area contributed by atoms with E-state index in [-0.39, 0.29) is 23.4 Å². The minimum atomic E-state index is -0.518. The molecule has 2 rings (SSSR count). The van der Waals surface area contributed by atoms with Gasteiger partial charge in [-0.05, 0) is 56.3 Å². The molecule has 0 atom stereocenters. The molecule has 0 aromatic heterocycles. The first kappa shape index (κ1) is 25.0. The highest BCUT2D eigenvalue weighted by atomic mass is 16.5. The molecule has 0 spiro atoms. The summed E-state index contributed by atoms with van der Waals surface area (Å²) in [6.07, 6.45) is 6.47. The molecule has 0 heterocycles. The van der Waals surface area contributed by atoms with Crippen molar-refractivity contribution in [1.82, 2.24) is 0 Å². The van der Waals surface area contributed by atoms with E-state index in [1.54, 1.807) is 24.3 Å². The van der Waals surface area contributed by atoms with Gasteiger partial charge in [0.2, 0.25) is 0 Å². The molecular formula is C28H34O4. The Bertz CT molecular complexity index is 1040. The molecule has 32 heavy (non-hydrogen) atoms. The average Bonchev–Trinajstić information content (AvgIpc) is 2.73. The van der Waals surface area contributed by atoms with Gasteiger partial charge in [0.05, 0.1) is 11.7 Å².